The number of halogens is 2. The molecule has 1 aliphatic heterocycles. The summed E-state index contributed by atoms with van der Waals surface area (Å²) in [5.41, 5.74) is 0.748. The van der Waals surface area contributed by atoms with Crippen molar-refractivity contribution in [2.75, 3.05) is 18.8 Å². The summed E-state index contributed by atoms with van der Waals surface area (Å²) in [5.74, 6) is 2.21. The molecule has 2 aromatic heterocycles. The maximum absolute atomic E-state index is 12.7. The third-order valence-corrected chi connectivity index (χ3v) is 6.65. The molecule has 1 aliphatic rings. The molecule has 3 aromatic rings. The molecule has 0 radical (unpaired) electrons. The first-order valence-corrected chi connectivity index (χ1v) is 11.1. The predicted molar refractivity (Wildman–Crippen MR) is 115 cm³/mol. The van der Waals surface area contributed by atoms with Gasteiger partial charge in [0.15, 0.2) is 10.9 Å². The SMILES string of the molecule is CC1CCN(C(=O)CSc2nnc(-c3ccco3)n2-c2ccc(Cl)c(Cl)c2)CC1. The van der Waals surface area contributed by atoms with E-state index in [4.69, 9.17) is 27.6 Å². The van der Waals surface area contributed by atoms with E-state index < -0.39 is 0 Å². The molecule has 6 nitrogen and oxygen atoms in total. The molecule has 0 atom stereocenters. The van der Waals surface area contributed by atoms with E-state index in [1.54, 1.807) is 24.5 Å². The maximum atomic E-state index is 12.7. The van der Waals surface area contributed by atoms with Gasteiger partial charge in [-0.15, -0.1) is 10.2 Å². The molecule has 9 heteroatoms. The Morgan fingerprint density at radius 1 is 1.21 bits per heavy atom. The first kappa shape index (κ1) is 20.3. The van der Waals surface area contributed by atoms with E-state index in [1.807, 2.05) is 21.6 Å². The highest BCUT2D eigenvalue weighted by Crippen LogP contribution is 2.31. The lowest BCUT2D eigenvalue weighted by atomic mass is 9.99. The average Bonchev–Trinajstić information content (AvgIpc) is 3.38. The molecule has 1 fully saturated rings. The van der Waals surface area contributed by atoms with Crippen LogP contribution in [0.15, 0.2) is 46.2 Å². The van der Waals surface area contributed by atoms with Gasteiger partial charge in [-0.2, -0.15) is 0 Å². The van der Waals surface area contributed by atoms with Crippen molar-refractivity contribution in [2.24, 2.45) is 5.92 Å². The van der Waals surface area contributed by atoms with Crippen LogP contribution in [0.4, 0.5) is 0 Å². The van der Waals surface area contributed by atoms with Crippen LogP contribution in [-0.2, 0) is 4.79 Å². The van der Waals surface area contributed by atoms with Gasteiger partial charge in [0.25, 0.3) is 0 Å². The zero-order chi connectivity index (χ0) is 20.4. The highest BCUT2D eigenvalue weighted by atomic mass is 35.5. The zero-order valence-electron chi connectivity index (χ0n) is 15.8. The Morgan fingerprint density at radius 3 is 2.69 bits per heavy atom. The van der Waals surface area contributed by atoms with E-state index in [2.05, 4.69) is 17.1 Å². The minimum Gasteiger partial charge on any atom is -0.461 e. The first-order valence-electron chi connectivity index (χ1n) is 9.38. The molecule has 152 valence electrons. The van der Waals surface area contributed by atoms with Gasteiger partial charge in [-0.25, -0.2) is 0 Å². The van der Waals surface area contributed by atoms with Crippen molar-refractivity contribution < 1.29 is 9.21 Å². The number of amides is 1. The van der Waals surface area contributed by atoms with Crippen LogP contribution in [-0.4, -0.2) is 44.4 Å². The van der Waals surface area contributed by atoms with Crippen molar-refractivity contribution in [3.8, 4) is 17.3 Å². The van der Waals surface area contributed by atoms with Gasteiger partial charge >= 0.3 is 0 Å². The normalized spacial score (nSPS) is 15.1. The summed E-state index contributed by atoms with van der Waals surface area (Å²) in [6.45, 7) is 3.86. The smallest absolute Gasteiger partial charge is 0.233 e. The average molecular weight is 451 g/mol. The van der Waals surface area contributed by atoms with Crippen molar-refractivity contribution >= 4 is 40.9 Å². The van der Waals surface area contributed by atoms with Crippen LogP contribution in [0.5, 0.6) is 0 Å². The van der Waals surface area contributed by atoms with E-state index in [-0.39, 0.29) is 5.91 Å². The predicted octanol–water partition coefficient (Wildman–Crippen LogP) is 5.18. The Labute approximate surface area is 183 Å². The molecular formula is C20H20Cl2N4O2S. The number of hydrogen-bond acceptors (Lipinski definition) is 5. The number of hydrogen-bond donors (Lipinski definition) is 0. The monoisotopic (exact) mass is 450 g/mol. The fraction of sp³-hybridized carbons (Fsp3) is 0.350. The number of likely N-dealkylation sites (tertiary alicyclic amines) is 1. The fourth-order valence-electron chi connectivity index (χ4n) is 3.26. The van der Waals surface area contributed by atoms with E-state index in [0.717, 1.165) is 31.6 Å². The molecular weight excluding hydrogens is 431 g/mol. The summed E-state index contributed by atoms with van der Waals surface area (Å²) in [7, 11) is 0. The highest BCUT2D eigenvalue weighted by Gasteiger charge is 2.23. The standard InChI is InChI=1S/C20H20Cl2N4O2S/c1-13-6-8-25(9-7-13)18(27)12-29-20-24-23-19(17-3-2-10-28-17)26(20)14-4-5-15(21)16(22)11-14/h2-5,10-11,13H,6-9,12H2,1H3. The molecule has 1 amide bonds. The Hall–Kier alpha value is -1.96. The number of thioether (sulfide) groups is 1. The zero-order valence-corrected chi connectivity index (χ0v) is 18.2. The van der Waals surface area contributed by atoms with E-state index in [9.17, 15) is 4.79 Å². The van der Waals surface area contributed by atoms with Crippen molar-refractivity contribution in [2.45, 2.75) is 24.9 Å². The molecule has 0 N–H and O–H groups in total. The number of benzene rings is 1. The molecule has 0 unspecified atom stereocenters. The van der Waals surface area contributed by atoms with Crippen molar-refractivity contribution in [1.82, 2.24) is 19.7 Å². The number of carbonyl (C=O) groups excluding carboxylic acids is 1. The van der Waals surface area contributed by atoms with Crippen LogP contribution in [0.1, 0.15) is 19.8 Å². The summed E-state index contributed by atoms with van der Waals surface area (Å²) in [6, 6.07) is 8.91. The van der Waals surface area contributed by atoms with Crippen LogP contribution in [0.25, 0.3) is 17.3 Å². The van der Waals surface area contributed by atoms with Crippen molar-refractivity contribution in [3.05, 3.63) is 46.6 Å². The number of carbonyl (C=O) groups is 1. The molecule has 4 rings (SSSR count). The number of piperidine rings is 1. The van der Waals surface area contributed by atoms with Gasteiger partial charge < -0.3 is 9.32 Å². The summed E-state index contributed by atoms with van der Waals surface area (Å²) in [6.07, 6.45) is 3.69. The van der Waals surface area contributed by atoms with Gasteiger partial charge in [0.1, 0.15) is 0 Å². The molecule has 1 saturated heterocycles. The fourth-order valence-corrected chi connectivity index (χ4v) is 4.41. The lowest BCUT2D eigenvalue weighted by Gasteiger charge is -2.30. The molecule has 3 heterocycles. The third-order valence-electron chi connectivity index (χ3n) is 5.00. The lowest BCUT2D eigenvalue weighted by molar-refractivity contribution is -0.129. The Kier molecular flexibility index (Phi) is 6.18. The second-order valence-corrected chi connectivity index (χ2v) is 8.83. The largest absolute Gasteiger partial charge is 0.461 e. The molecule has 0 aliphatic carbocycles. The van der Waals surface area contributed by atoms with E-state index in [0.29, 0.717) is 38.5 Å². The van der Waals surface area contributed by atoms with E-state index in [1.165, 1.54) is 11.8 Å². The number of rotatable bonds is 5. The van der Waals surface area contributed by atoms with Gasteiger partial charge in [-0.1, -0.05) is 41.9 Å². The van der Waals surface area contributed by atoms with Gasteiger partial charge in [0.2, 0.25) is 11.7 Å². The number of nitrogens with zero attached hydrogens (tertiary/aromatic N) is 4. The third kappa shape index (κ3) is 4.47. The maximum Gasteiger partial charge on any atom is 0.233 e. The summed E-state index contributed by atoms with van der Waals surface area (Å²) in [4.78, 5) is 14.6. The van der Waals surface area contributed by atoms with Crippen LogP contribution in [0.2, 0.25) is 10.0 Å². The minimum absolute atomic E-state index is 0.116. The topological polar surface area (TPSA) is 64.2 Å². The summed E-state index contributed by atoms with van der Waals surface area (Å²) < 4.78 is 7.34. The van der Waals surface area contributed by atoms with Crippen LogP contribution >= 0.6 is 35.0 Å². The summed E-state index contributed by atoms with van der Waals surface area (Å²) >= 11 is 13.7. The summed E-state index contributed by atoms with van der Waals surface area (Å²) in [5, 5.41) is 10.1. The minimum atomic E-state index is 0.116. The van der Waals surface area contributed by atoms with Crippen LogP contribution in [0, 0.1) is 5.92 Å². The first-order chi connectivity index (χ1) is 14.0. The Bertz CT molecular complexity index is 998. The lowest BCUT2D eigenvalue weighted by Crippen LogP contribution is -2.38. The highest BCUT2D eigenvalue weighted by molar-refractivity contribution is 7.99. The molecule has 0 spiro atoms. The van der Waals surface area contributed by atoms with Gasteiger partial charge in [-0.05, 0) is 49.1 Å². The van der Waals surface area contributed by atoms with Gasteiger partial charge in [0, 0.05) is 13.1 Å². The Morgan fingerprint density at radius 2 is 2.00 bits per heavy atom. The van der Waals surface area contributed by atoms with Crippen LogP contribution in [0.3, 0.4) is 0 Å². The van der Waals surface area contributed by atoms with Crippen LogP contribution < -0.4 is 0 Å². The number of furan rings is 1. The molecule has 1 aromatic carbocycles. The molecule has 0 saturated carbocycles. The van der Waals surface area contributed by atoms with Gasteiger partial charge in [-0.3, -0.25) is 9.36 Å². The van der Waals surface area contributed by atoms with Gasteiger partial charge in [0.05, 0.1) is 27.7 Å². The molecule has 0 bridgehead atoms. The number of aromatic nitrogens is 3. The van der Waals surface area contributed by atoms with Crippen molar-refractivity contribution in [3.63, 3.8) is 0 Å². The Balaban J connectivity index is 1.60. The second kappa shape index (κ2) is 8.81. The second-order valence-electron chi connectivity index (χ2n) is 7.07. The van der Waals surface area contributed by atoms with E-state index >= 15 is 0 Å². The van der Waals surface area contributed by atoms with Crippen molar-refractivity contribution in [1.29, 1.82) is 0 Å². The molecule has 29 heavy (non-hydrogen) atoms. The quantitative estimate of drug-likeness (QED) is 0.500.